The Balaban J connectivity index is 1.92. The summed E-state index contributed by atoms with van der Waals surface area (Å²) in [4.78, 5) is 24.4. The molecule has 0 atom stereocenters. The number of rotatable bonds is 8. The normalized spacial score (nSPS) is 10.8. The monoisotopic (exact) mass is 399 g/mol. The molecule has 1 aromatic carbocycles. The molecule has 2 aromatic heterocycles. The van der Waals surface area contributed by atoms with Crippen LogP contribution in [0.25, 0.3) is 11.3 Å². The number of halogens is 2. The molecule has 0 aliphatic carbocycles. The van der Waals surface area contributed by atoms with E-state index in [4.69, 9.17) is 4.74 Å². The maximum absolute atomic E-state index is 12.5. The van der Waals surface area contributed by atoms with Crippen molar-refractivity contribution in [2.24, 2.45) is 0 Å². The van der Waals surface area contributed by atoms with Crippen molar-refractivity contribution >= 4 is 5.78 Å². The first-order valence-corrected chi connectivity index (χ1v) is 8.96. The van der Waals surface area contributed by atoms with Crippen molar-refractivity contribution in [3.63, 3.8) is 0 Å². The van der Waals surface area contributed by atoms with Crippen molar-refractivity contribution in [3.8, 4) is 22.9 Å². The van der Waals surface area contributed by atoms with Crippen LogP contribution in [0, 0.1) is 0 Å². The number of benzene rings is 1. The maximum atomic E-state index is 12.5. The van der Waals surface area contributed by atoms with Crippen LogP contribution in [0.15, 0.2) is 48.8 Å². The molecular formula is C21H19F2N3O3. The molecule has 0 radical (unpaired) electrons. The molecule has 29 heavy (non-hydrogen) atoms. The molecular weight excluding hydrogens is 380 g/mol. The van der Waals surface area contributed by atoms with E-state index in [1.165, 1.54) is 19.1 Å². The summed E-state index contributed by atoms with van der Waals surface area (Å²) in [6, 6.07) is 9.69. The zero-order chi connectivity index (χ0) is 20.8. The van der Waals surface area contributed by atoms with Gasteiger partial charge in [0.25, 0.3) is 0 Å². The second-order valence-corrected chi connectivity index (χ2v) is 6.14. The Morgan fingerprint density at radius 1 is 1.14 bits per heavy atom. The van der Waals surface area contributed by atoms with E-state index in [0.717, 1.165) is 5.56 Å². The third kappa shape index (κ3) is 5.31. The predicted molar refractivity (Wildman–Crippen MR) is 102 cm³/mol. The first-order valence-electron chi connectivity index (χ1n) is 8.96. The SMILES string of the molecule is CCOc1ncc(Cc2ccc(C(C)=O)nc2)nc1-c1cccc(OC(F)F)c1. The smallest absolute Gasteiger partial charge is 0.387 e. The quantitative estimate of drug-likeness (QED) is 0.525. The third-order valence-corrected chi connectivity index (χ3v) is 3.97. The van der Waals surface area contributed by atoms with E-state index in [9.17, 15) is 13.6 Å². The minimum absolute atomic E-state index is 0.0242. The van der Waals surface area contributed by atoms with Crippen molar-refractivity contribution < 1.29 is 23.0 Å². The second-order valence-electron chi connectivity index (χ2n) is 6.14. The molecule has 0 saturated carbocycles. The molecule has 0 saturated heterocycles. The van der Waals surface area contributed by atoms with Crippen LogP contribution in [0.2, 0.25) is 0 Å². The number of ketones is 1. The van der Waals surface area contributed by atoms with Gasteiger partial charge in [-0.1, -0.05) is 18.2 Å². The van der Waals surface area contributed by atoms with Gasteiger partial charge in [-0.05, 0) is 30.7 Å². The van der Waals surface area contributed by atoms with E-state index in [1.807, 2.05) is 6.92 Å². The van der Waals surface area contributed by atoms with Crippen molar-refractivity contribution in [3.05, 3.63) is 65.7 Å². The fourth-order valence-corrected chi connectivity index (χ4v) is 2.70. The highest BCUT2D eigenvalue weighted by molar-refractivity contribution is 5.91. The fourth-order valence-electron chi connectivity index (χ4n) is 2.70. The van der Waals surface area contributed by atoms with Crippen LogP contribution in [0.1, 0.15) is 35.6 Å². The van der Waals surface area contributed by atoms with Gasteiger partial charge in [-0.2, -0.15) is 8.78 Å². The minimum atomic E-state index is -2.92. The number of aromatic nitrogens is 3. The van der Waals surface area contributed by atoms with Crippen LogP contribution in [-0.2, 0) is 6.42 Å². The number of Topliss-reactive ketones (excluding diaryl/α,β-unsaturated/α-hetero) is 1. The van der Waals surface area contributed by atoms with Gasteiger partial charge in [0.2, 0.25) is 5.88 Å². The lowest BCUT2D eigenvalue weighted by atomic mass is 10.1. The van der Waals surface area contributed by atoms with Crippen LogP contribution in [-0.4, -0.2) is 34.0 Å². The minimum Gasteiger partial charge on any atom is -0.476 e. The van der Waals surface area contributed by atoms with Crippen molar-refractivity contribution in [2.75, 3.05) is 6.61 Å². The predicted octanol–water partition coefficient (Wildman–Crippen LogP) is 4.33. The number of pyridine rings is 1. The maximum Gasteiger partial charge on any atom is 0.387 e. The largest absolute Gasteiger partial charge is 0.476 e. The van der Waals surface area contributed by atoms with E-state index in [2.05, 4.69) is 19.7 Å². The number of nitrogens with zero attached hydrogens (tertiary/aromatic N) is 3. The molecule has 2 heterocycles. The average Bonchev–Trinajstić information content (AvgIpc) is 2.69. The van der Waals surface area contributed by atoms with Gasteiger partial charge in [-0.15, -0.1) is 0 Å². The summed E-state index contributed by atoms with van der Waals surface area (Å²) in [7, 11) is 0. The highest BCUT2D eigenvalue weighted by Crippen LogP contribution is 2.30. The summed E-state index contributed by atoms with van der Waals surface area (Å²) in [6.07, 6.45) is 3.64. The molecule has 0 bridgehead atoms. The Morgan fingerprint density at radius 3 is 2.62 bits per heavy atom. The molecule has 0 aliphatic rings. The lowest BCUT2D eigenvalue weighted by Crippen LogP contribution is -2.04. The van der Waals surface area contributed by atoms with Crippen LogP contribution < -0.4 is 9.47 Å². The molecule has 0 amide bonds. The molecule has 3 rings (SSSR count). The van der Waals surface area contributed by atoms with Gasteiger partial charge in [0.05, 0.1) is 18.5 Å². The molecule has 150 valence electrons. The van der Waals surface area contributed by atoms with Gasteiger partial charge in [0.15, 0.2) is 5.78 Å². The Hall–Kier alpha value is -3.42. The Bertz CT molecular complexity index is 995. The zero-order valence-electron chi connectivity index (χ0n) is 15.9. The number of hydrogen-bond acceptors (Lipinski definition) is 6. The third-order valence-electron chi connectivity index (χ3n) is 3.97. The summed E-state index contributed by atoms with van der Waals surface area (Å²) in [5.74, 6) is 0.220. The first kappa shape index (κ1) is 20.3. The van der Waals surface area contributed by atoms with Crippen molar-refractivity contribution in [2.45, 2.75) is 26.9 Å². The van der Waals surface area contributed by atoms with Crippen LogP contribution in [0.5, 0.6) is 11.6 Å². The lowest BCUT2D eigenvalue weighted by molar-refractivity contribution is -0.0498. The Morgan fingerprint density at radius 2 is 1.97 bits per heavy atom. The van der Waals surface area contributed by atoms with E-state index in [1.54, 1.807) is 36.7 Å². The van der Waals surface area contributed by atoms with E-state index >= 15 is 0 Å². The molecule has 0 fully saturated rings. The number of carbonyl (C=O) groups is 1. The highest BCUT2D eigenvalue weighted by Gasteiger charge is 2.14. The molecule has 0 spiro atoms. The van der Waals surface area contributed by atoms with Gasteiger partial charge in [-0.25, -0.2) is 9.97 Å². The number of alkyl halides is 2. The van der Waals surface area contributed by atoms with Gasteiger partial charge < -0.3 is 9.47 Å². The summed E-state index contributed by atoms with van der Waals surface area (Å²) >= 11 is 0. The fraction of sp³-hybridized carbons (Fsp3) is 0.238. The van der Waals surface area contributed by atoms with E-state index in [-0.39, 0.29) is 11.5 Å². The number of hydrogen-bond donors (Lipinski definition) is 0. The Labute approximate surface area is 166 Å². The summed E-state index contributed by atoms with van der Waals surface area (Å²) in [5.41, 5.74) is 2.86. The van der Waals surface area contributed by atoms with E-state index in [0.29, 0.717) is 41.6 Å². The Kier molecular flexibility index (Phi) is 6.43. The van der Waals surface area contributed by atoms with Crippen LogP contribution in [0.4, 0.5) is 8.78 Å². The molecule has 3 aromatic rings. The molecule has 8 heteroatoms. The molecule has 0 aliphatic heterocycles. The van der Waals surface area contributed by atoms with E-state index < -0.39 is 6.61 Å². The highest BCUT2D eigenvalue weighted by atomic mass is 19.3. The van der Waals surface area contributed by atoms with Gasteiger partial charge in [0, 0.05) is 25.1 Å². The zero-order valence-corrected chi connectivity index (χ0v) is 15.9. The summed E-state index contributed by atoms with van der Waals surface area (Å²) in [6.45, 7) is 0.736. The number of ether oxygens (including phenoxy) is 2. The lowest BCUT2D eigenvalue weighted by Gasteiger charge is -2.12. The second kappa shape index (κ2) is 9.18. The van der Waals surface area contributed by atoms with Crippen LogP contribution >= 0.6 is 0 Å². The topological polar surface area (TPSA) is 74.2 Å². The van der Waals surface area contributed by atoms with Crippen LogP contribution in [0.3, 0.4) is 0 Å². The standard InChI is InChI=1S/C21H19F2N3O3/c1-3-28-20-19(15-5-4-6-17(10-15)29-21(22)23)26-16(12-25-20)9-14-7-8-18(13(2)27)24-11-14/h4-8,10-12,21H,3,9H2,1-2H3. The van der Waals surface area contributed by atoms with Gasteiger partial charge in [-0.3, -0.25) is 9.78 Å². The molecule has 0 unspecified atom stereocenters. The van der Waals surface area contributed by atoms with Crippen molar-refractivity contribution in [1.82, 2.24) is 15.0 Å². The van der Waals surface area contributed by atoms with Gasteiger partial charge >= 0.3 is 6.61 Å². The molecule has 0 N–H and O–H groups in total. The van der Waals surface area contributed by atoms with Gasteiger partial charge in [0.1, 0.15) is 17.1 Å². The first-order chi connectivity index (χ1) is 14.0. The van der Waals surface area contributed by atoms with Crippen molar-refractivity contribution in [1.29, 1.82) is 0 Å². The summed E-state index contributed by atoms with van der Waals surface area (Å²) in [5, 5.41) is 0. The summed E-state index contributed by atoms with van der Waals surface area (Å²) < 4.78 is 35.1. The number of carbonyl (C=O) groups excluding carboxylic acids is 1. The molecule has 6 nitrogen and oxygen atoms in total. The average molecular weight is 399 g/mol.